The number of aromatic nitrogens is 2. The Bertz CT molecular complexity index is 332. The smallest absolute Gasteiger partial charge is 0.318 e. The lowest BCUT2D eigenvalue weighted by atomic mass is 9.95. The van der Waals surface area contributed by atoms with Gasteiger partial charge in [-0.2, -0.15) is 4.98 Å². The zero-order valence-corrected chi connectivity index (χ0v) is 8.47. The normalized spacial score (nSPS) is 26.2. The summed E-state index contributed by atoms with van der Waals surface area (Å²) in [6.45, 7) is 0. The van der Waals surface area contributed by atoms with Gasteiger partial charge >= 0.3 is 6.01 Å². The second kappa shape index (κ2) is 4.44. The molecule has 1 aromatic heterocycles. The van der Waals surface area contributed by atoms with Crippen LogP contribution in [-0.2, 0) is 0 Å². The summed E-state index contributed by atoms with van der Waals surface area (Å²) in [6.07, 6.45) is 4.70. The second-order valence-electron chi connectivity index (χ2n) is 3.77. The van der Waals surface area contributed by atoms with Crippen molar-refractivity contribution >= 4 is 5.82 Å². The van der Waals surface area contributed by atoms with Crippen molar-refractivity contribution in [2.45, 2.75) is 37.9 Å². The molecule has 1 aliphatic rings. The first-order valence-electron chi connectivity index (χ1n) is 5.19. The van der Waals surface area contributed by atoms with Crippen molar-refractivity contribution in [3.63, 3.8) is 0 Å². The van der Waals surface area contributed by atoms with E-state index in [1.54, 1.807) is 12.3 Å². The van der Waals surface area contributed by atoms with Gasteiger partial charge in [-0.1, -0.05) is 6.42 Å². The van der Waals surface area contributed by atoms with E-state index in [0.29, 0.717) is 5.82 Å². The van der Waals surface area contributed by atoms with Crippen LogP contribution in [0.2, 0.25) is 0 Å². The molecule has 0 aromatic carbocycles. The lowest BCUT2D eigenvalue weighted by Crippen LogP contribution is -2.35. The van der Waals surface area contributed by atoms with Crippen LogP contribution in [0.1, 0.15) is 25.7 Å². The third-order valence-electron chi connectivity index (χ3n) is 2.58. The highest BCUT2D eigenvalue weighted by molar-refractivity contribution is 5.26. The molecule has 1 heterocycles. The number of aliphatic hydroxyl groups excluding tert-OH is 1. The molecule has 5 nitrogen and oxygen atoms in total. The van der Waals surface area contributed by atoms with Gasteiger partial charge in [0.05, 0.1) is 6.10 Å². The number of hydrogen-bond acceptors (Lipinski definition) is 5. The number of rotatable bonds is 2. The van der Waals surface area contributed by atoms with Crippen LogP contribution >= 0.6 is 0 Å². The third-order valence-corrected chi connectivity index (χ3v) is 2.58. The molecule has 0 aliphatic heterocycles. The van der Waals surface area contributed by atoms with Gasteiger partial charge in [-0.15, -0.1) is 0 Å². The molecule has 1 aliphatic carbocycles. The monoisotopic (exact) mass is 209 g/mol. The third kappa shape index (κ3) is 2.56. The fourth-order valence-corrected chi connectivity index (χ4v) is 1.76. The maximum absolute atomic E-state index is 9.69. The van der Waals surface area contributed by atoms with Crippen molar-refractivity contribution in [2.24, 2.45) is 0 Å². The number of aliphatic hydroxyl groups is 1. The minimum Gasteiger partial charge on any atom is -0.457 e. The van der Waals surface area contributed by atoms with Crippen LogP contribution in [0.4, 0.5) is 5.82 Å². The molecule has 1 aromatic rings. The molecule has 0 amide bonds. The Morgan fingerprint density at radius 1 is 1.40 bits per heavy atom. The molecule has 0 radical (unpaired) electrons. The molecular formula is C10H15N3O2. The minimum atomic E-state index is -0.413. The lowest BCUT2D eigenvalue weighted by molar-refractivity contribution is 0.00201. The Kier molecular flexibility index (Phi) is 3.01. The van der Waals surface area contributed by atoms with Crippen LogP contribution < -0.4 is 10.5 Å². The van der Waals surface area contributed by atoms with Crippen molar-refractivity contribution in [3.05, 3.63) is 12.3 Å². The average molecular weight is 209 g/mol. The minimum absolute atomic E-state index is 0.194. The predicted octanol–water partition coefficient (Wildman–Crippen LogP) is 0.741. The number of nitrogens with zero attached hydrogens (tertiary/aromatic N) is 2. The highest BCUT2D eigenvalue weighted by Gasteiger charge is 2.25. The first-order valence-corrected chi connectivity index (χ1v) is 5.19. The van der Waals surface area contributed by atoms with Crippen molar-refractivity contribution < 1.29 is 9.84 Å². The SMILES string of the molecule is Nc1ccnc(O[C@@H]2CCCC[C@H]2O)n1. The Labute approximate surface area is 88.3 Å². The summed E-state index contributed by atoms with van der Waals surface area (Å²) in [4.78, 5) is 7.88. The second-order valence-corrected chi connectivity index (χ2v) is 3.77. The molecular weight excluding hydrogens is 194 g/mol. The largest absolute Gasteiger partial charge is 0.457 e. The molecule has 15 heavy (non-hydrogen) atoms. The number of ether oxygens (including phenoxy) is 1. The molecule has 1 saturated carbocycles. The molecule has 0 saturated heterocycles. The molecule has 5 heteroatoms. The fraction of sp³-hybridized carbons (Fsp3) is 0.600. The van der Waals surface area contributed by atoms with Gasteiger partial charge in [0.25, 0.3) is 0 Å². The van der Waals surface area contributed by atoms with Crippen LogP contribution in [-0.4, -0.2) is 27.3 Å². The van der Waals surface area contributed by atoms with Gasteiger partial charge in [-0.05, 0) is 25.3 Å². The number of nitrogens with two attached hydrogens (primary N) is 1. The van der Waals surface area contributed by atoms with Crippen molar-refractivity contribution in [1.29, 1.82) is 0 Å². The first kappa shape index (κ1) is 10.2. The van der Waals surface area contributed by atoms with E-state index in [0.717, 1.165) is 25.7 Å². The van der Waals surface area contributed by atoms with Gasteiger partial charge in [0, 0.05) is 6.20 Å². The molecule has 1 fully saturated rings. The Balaban J connectivity index is 2.01. The first-order chi connectivity index (χ1) is 7.25. The van der Waals surface area contributed by atoms with Crippen LogP contribution in [0.25, 0.3) is 0 Å². The number of anilines is 1. The number of nitrogen functional groups attached to an aromatic ring is 1. The van der Waals surface area contributed by atoms with Crippen LogP contribution in [0.5, 0.6) is 6.01 Å². The molecule has 2 rings (SSSR count). The van der Waals surface area contributed by atoms with Crippen molar-refractivity contribution in [3.8, 4) is 6.01 Å². The molecule has 82 valence electrons. The molecule has 2 atom stereocenters. The maximum atomic E-state index is 9.69. The maximum Gasteiger partial charge on any atom is 0.318 e. The van der Waals surface area contributed by atoms with Gasteiger partial charge in [0.1, 0.15) is 11.9 Å². The van der Waals surface area contributed by atoms with Gasteiger partial charge in [0.2, 0.25) is 0 Å². The quantitative estimate of drug-likeness (QED) is 0.750. The Morgan fingerprint density at radius 2 is 2.20 bits per heavy atom. The molecule has 0 spiro atoms. The summed E-state index contributed by atoms with van der Waals surface area (Å²) in [5.74, 6) is 0.380. The van der Waals surface area contributed by atoms with E-state index in [1.807, 2.05) is 0 Å². The molecule has 0 unspecified atom stereocenters. The molecule has 0 bridgehead atoms. The van der Waals surface area contributed by atoms with Crippen LogP contribution in [0.15, 0.2) is 12.3 Å². The highest BCUT2D eigenvalue weighted by Crippen LogP contribution is 2.22. The van der Waals surface area contributed by atoms with Gasteiger partial charge in [-0.3, -0.25) is 0 Å². The topological polar surface area (TPSA) is 81.3 Å². The van der Waals surface area contributed by atoms with Gasteiger partial charge in [-0.25, -0.2) is 4.98 Å². The summed E-state index contributed by atoms with van der Waals surface area (Å²) in [5.41, 5.74) is 5.50. The summed E-state index contributed by atoms with van der Waals surface area (Å²) in [7, 11) is 0. The lowest BCUT2D eigenvalue weighted by Gasteiger charge is -2.27. The summed E-state index contributed by atoms with van der Waals surface area (Å²) in [5, 5.41) is 9.69. The van der Waals surface area contributed by atoms with E-state index >= 15 is 0 Å². The van der Waals surface area contributed by atoms with E-state index in [1.165, 1.54) is 0 Å². The number of hydrogen-bond donors (Lipinski definition) is 2. The zero-order chi connectivity index (χ0) is 10.7. The van der Waals surface area contributed by atoms with Crippen molar-refractivity contribution in [2.75, 3.05) is 5.73 Å². The predicted molar refractivity (Wildman–Crippen MR) is 55.3 cm³/mol. The summed E-state index contributed by atoms with van der Waals surface area (Å²) in [6, 6.07) is 1.85. The van der Waals surface area contributed by atoms with E-state index in [-0.39, 0.29) is 12.1 Å². The molecule has 3 N–H and O–H groups in total. The summed E-state index contributed by atoms with van der Waals surface area (Å²) >= 11 is 0. The standard InChI is InChI=1S/C10H15N3O2/c11-9-5-6-12-10(13-9)15-8-4-2-1-3-7(8)14/h5-8,14H,1-4H2,(H2,11,12,13)/t7-,8-/m1/s1. The van der Waals surface area contributed by atoms with E-state index in [9.17, 15) is 5.11 Å². The van der Waals surface area contributed by atoms with Crippen LogP contribution in [0.3, 0.4) is 0 Å². The van der Waals surface area contributed by atoms with Crippen LogP contribution in [0, 0.1) is 0 Å². The highest BCUT2D eigenvalue weighted by atomic mass is 16.5. The van der Waals surface area contributed by atoms with E-state index in [4.69, 9.17) is 10.5 Å². The van der Waals surface area contributed by atoms with Gasteiger partial charge < -0.3 is 15.6 Å². The summed E-state index contributed by atoms with van der Waals surface area (Å²) < 4.78 is 5.50. The average Bonchev–Trinajstić information content (AvgIpc) is 2.22. The Morgan fingerprint density at radius 3 is 2.93 bits per heavy atom. The van der Waals surface area contributed by atoms with Gasteiger partial charge in [0.15, 0.2) is 0 Å². The zero-order valence-electron chi connectivity index (χ0n) is 8.47. The fourth-order valence-electron chi connectivity index (χ4n) is 1.76. The Hall–Kier alpha value is -1.36. The van der Waals surface area contributed by atoms with E-state index in [2.05, 4.69) is 9.97 Å². The van der Waals surface area contributed by atoms with Crippen molar-refractivity contribution in [1.82, 2.24) is 9.97 Å². The van der Waals surface area contributed by atoms with E-state index < -0.39 is 6.10 Å².